The van der Waals surface area contributed by atoms with E-state index in [2.05, 4.69) is 16.8 Å². The fraction of sp³-hybridized carbons (Fsp3) is 0.952. The first-order valence-corrected chi connectivity index (χ1v) is 12.7. The van der Waals surface area contributed by atoms with E-state index in [0.717, 1.165) is 26.4 Å². The molecule has 0 aliphatic heterocycles. The van der Waals surface area contributed by atoms with E-state index in [4.69, 9.17) is 4.52 Å². The van der Waals surface area contributed by atoms with Gasteiger partial charge >= 0.3 is 7.82 Å². The Hall–Kier alpha value is -0.420. The van der Waals surface area contributed by atoms with Crippen molar-refractivity contribution >= 4 is 13.7 Å². The molecule has 1 unspecified atom stereocenters. The minimum Gasteiger partial charge on any atom is -0.351 e. The summed E-state index contributed by atoms with van der Waals surface area (Å²) in [7, 11) is -2.87. The molecule has 0 saturated heterocycles. The molecule has 2 atom stereocenters. The second-order valence-corrected chi connectivity index (χ2v) is 9.29. The number of carbonyl (C=O) groups is 1. The first-order chi connectivity index (χ1) is 13.4. The molecule has 0 aromatic carbocycles. The molecule has 0 aromatic heterocycles. The van der Waals surface area contributed by atoms with Crippen LogP contribution in [0.4, 0.5) is 0 Å². The van der Waals surface area contributed by atoms with Crippen LogP contribution in [0.2, 0.25) is 0 Å². The Kier molecular flexibility index (Phi) is 18.3. The van der Waals surface area contributed by atoms with Crippen molar-refractivity contribution in [2.75, 3.05) is 13.7 Å². The van der Waals surface area contributed by atoms with Crippen molar-refractivity contribution in [1.29, 1.82) is 0 Å². The van der Waals surface area contributed by atoms with Crippen molar-refractivity contribution in [3.8, 4) is 0 Å². The SMILES string of the molecule is CCCCCCCCCCCCCCCC[C@H](COP(=O)(O)OC)NC(C)=O. The maximum atomic E-state index is 11.4. The monoisotopic (exact) mass is 421 g/mol. The zero-order valence-electron chi connectivity index (χ0n) is 18.4. The molecule has 6 nitrogen and oxygen atoms in total. The number of nitrogens with one attached hydrogen (secondary N) is 1. The van der Waals surface area contributed by atoms with Crippen molar-refractivity contribution in [3.63, 3.8) is 0 Å². The molecule has 0 heterocycles. The standard InChI is InChI=1S/C21H44NO5P/c1-4-5-6-7-8-9-10-11-12-13-14-15-16-17-18-21(22-20(2)23)19-27-28(24,25)26-3/h21H,4-19H2,1-3H3,(H,22,23)(H,24,25)/t21-/m1/s1. The third-order valence-electron chi connectivity index (χ3n) is 4.98. The Morgan fingerprint density at radius 1 is 0.893 bits per heavy atom. The van der Waals surface area contributed by atoms with Crippen LogP contribution in [-0.4, -0.2) is 30.6 Å². The van der Waals surface area contributed by atoms with Gasteiger partial charge in [-0.25, -0.2) is 4.57 Å². The summed E-state index contributed by atoms with van der Waals surface area (Å²) in [6, 6.07) is -0.259. The summed E-state index contributed by atoms with van der Waals surface area (Å²) >= 11 is 0. The third-order valence-corrected chi connectivity index (χ3v) is 5.92. The van der Waals surface area contributed by atoms with Crippen LogP contribution in [0.15, 0.2) is 0 Å². The molecule has 7 heteroatoms. The third kappa shape index (κ3) is 18.9. The van der Waals surface area contributed by atoms with Gasteiger partial charge in [0.2, 0.25) is 5.91 Å². The zero-order valence-corrected chi connectivity index (χ0v) is 19.3. The summed E-state index contributed by atoms with van der Waals surface area (Å²) < 4.78 is 20.7. The van der Waals surface area contributed by atoms with E-state index in [1.165, 1.54) is 84.0 Å². The highest BCUT2D eigenvalue weighted by Crippen LogP contribution is 2.42. The Morgan fingerprint density at radius 2 is 1.32 bits per heavy atom. The number of phosphoric acid groups is 1. The van der Waals surface area contributed by atoms with Crippen molar-refractivity contribution in [3.05, 3.63) is 0 Å². The van der Waals surface area contributed by atoms with Gasteiger partial charge in [-0.1, -0.05) is 96.8 Å². The van der Waals surface area contributed by atoms with E-state index in [1.54, 1.807) is 0 Å². The maximum absolute atomic E-state index is 11.4. The molecule has 168 valence electrons. The van der Waals surface area contributed by atoms with E-state index in [9.17, 15) is 14.3 Å². The Bertz CT molecular complexity index is 420. The fourth-order valence-electron chi connectivity index (χ4n) is 3.31. The summed E-state index contributed by atoms with van der Waals surface area (Å²) in [5, 5.41) is 2.77. The highest BCUT2D eigenvalue weighted by atomic mass is 31.2. The summed E-state index contributed by atoms with van der Waals surface area (Å²) in [6.07, 6.45) is 18.9. The van der Waals surface area contributed by atoms with Crippen LogP contribution in [0.25, 0.3) is 0 Å². The van der Waals surface area contributed by atoms with E-state index >= 15 is 0 Å². The van der Waals surface area contributed by atoms with E-state index in [1.807, 2.05) is 0 Å². The molecule has 0 saturated carbocycles. The number of amides is 1. The second-order valence-electron chi connectivity index (χ2n) is 7.73. The zero-order chi connectivity index (χ0) is 21.1. The summed E-state index contributed by atoms with van der Waals surface area (Å²) in [6.45, 7) is 3.68. The molecule has 2 N–H and O–H groups in total. The summed E-state index contributed by atoms with van der Waals surface area (Å²) in [5.74, 6) is -0.163. The smallest absolute Gasteiger partial charge is 0.351 e. The van der Waals surface area contributed by atoms with Crippen molar-refractivity contribution in [2.24, 2.45) is 0 Å². The number of hydrogen-bond acceptors (Lipinski definition) is 4. The van der Waals surface area contributed by atoms with Gasteiger partial charge in [0.05, 0.1) is 12.6 Å². The molecule has 0 aliphatic rings. The van der Waals surface area contributed by atoms with Gasteiger partial charge in [0.25, 0.3) is 0 Å². The Balaban J connectivity index is 3.59. The van der Waals surface area contributed by atoms with Crippen molar-refractivity contribution < 1.29 is 23.3 Å². The molecule has 0 aromatic rings. The Morgan fingerprint density at radius 3 is 1.71 bits per heavy atom. The average Bonchev–Trinajstić information content (AvgIpc) is 2.65. The molecule has 1 amide bonds. The summed E-state index contributed by atoms with van der Waals surface area (Å²) in [5.41, 5.74) is 0. The van der Waals surface area contributed by atoms with Gasteiger partial charge in [-0.2, -0.15) is 0 Å². The number of unbranched alkanes of at least 4 members (excludes halogenated alkanes) is 13. The van der Waals surface area contributed by atoms with Gasteiger partial charge in [0, 0.05) is 14.0 Å². The van der Waals surface area contributed by atoms with Crippen LogP contribution in [0.1, 0.15) is 110 Å². The molecule has 0 fully saturated rings. The second kappa shape index (κ2) is 18.6. The highest BCUT2D eigenvalue weighted by Gasteiger charge is 2.21. The van der Waals surface area contributed by atoms with Crippen LogP contribution >= 0.6 is 7.82 Å². The highest BCUT2D eigenvalue weighted by molar-refractivity contribution is 7.47. The molecule has 0 bridgehead atoms. The van der Waals surface area contributed by atoms with Gasteiger partial charge < -0.3 is 10.2 Å². The lowest BCUT2D eigenvalue weighted by Crippen LogP contribution is -2.36. The first kappa shape index (κ1) is 27.6. The topological polar surface area (TPSA) is 84.9 Å². The van der Waals surface area contributed by atoms with E-state index < -0.39 is 7.82 Å². The van der Waals surface area contributed by atoms with Crippen LogP contribution < -0.4 is 5.32 Å². The van der Waals surface area contributed by atoms with Gasteiger partial charge in [-0.15, -0.1) is 0 Å². The van der Waals surface area contributed by atoms with E-state index in [0.29, 0.717) is 0 Å². The molecule has 0 rings (SSSR count). The quantitative estimate of drug-likeness (QED) is 0.183. The number of rotatable bonds is 20. The van der Waals surface area contributed by atoms with Gasteiger partial charge in [0.1, 0.15) is 0 Å². The van der Waals surface area contributed by atoms with Crippen LogP contribution in [-0.2, 0) is 18.4 Å². The molecule has 0 aliphatic carbocycles. The van der Waals surface area contributed by atoms with E-state index in [-0.39, 0.29) is 18.6 Å². The summed E-state index contributed by atoms with van der Waals surface area (Å²) in [4.78, 5) is 20.6. The molecular weight excluding hydrogens is 377 g/mol. The van der Waals surface area contributed by atoms with Gasteiger partial charge in [-0.3, -0.25) is 13.8 Å². The molecule has 28 heavy (non-hydrogen) atoms. The number of hydrogen-bond donors (Lipinski definition) is 2. The number of carbonyl (C=O) groups excluding carboxylic acids is 1. The predicted molar refractivity (Wildman–Crippen MR) is 115 cm³/mol. The minimum absolute atomic E-state index is 0.0142. The molecule has 0 spiro atoms. The lowest BCUT2D eigenvalue weighted by atomic mass is 10.0. The van der Waals surface area contributed by atoms with Gasteiger partial charge in [0.15, 0.2) is 0 Å². The molecular formula is C21H44NO5P. The average molecular weight is 422 g/mol. The van der Waals surface area contributed by atoms with Crippen molar-refractivity contribution in [2.45, 2.75) is 116 Å². The first-order valence-electron chi connectivity index (χ1n) is 11.2. The fourth-order valence-corrected chi connectivity index (χ4v) is 3.78. The van der Waals surface area contributed by atoms with Gasteiger partial charge in [-0.05, 0) is 6.42 Å². The largest absolute Gasteiger partial charge is 0.471 e. The lowest BCUT2D eigenvalue weighted by Gasteiger charge is -2.19. The van der Waals surface area contributed by atoms with Crippen molar-refractivity contribution in [1.82, 2.24) is 5.32 Å². The van der Waals surface area contributed by atoms with Crippen LogP contribution in [0, 0.1) is 0 Å². The Labute approximate surface area is 172 Å². The number of phosphoric ester groups is 1. The van der Waals surface area contributed by atoms with Crippen LogP contribution in [0.3, 0.4) is 0 Å². The lowest BCUT2D eigenvalue weighted by molar-refractivity contribution is -0.120. The maximum Gasteiger partial charge on any atom is 0.471 e. The minimum atomic E-state index is -4.00. The molecule has 0 radical (unpaired) electrons. The normalized spacial score (nSPS) is 14.6. The van der Waals surface area contributed by atoms with Crippen LogP contribution in [0.5, 0.6) is 0 Å². The predicted octanol–water partition coefficient (Wildman–Crippen LogP) is 6.13.